The number of hydrogen-bond donors (Lipinski definition) is 1. The number of hydrogen-bond acceptors (Lipinski definition) is 4. The molecule has 1 N–H and O–H groups in total. The zero-order chi connectivity index (χ0) is 22.5. The third-order valence-corrected chi connectivity index (χ3v) is 5.36. The first kappa shape index (κ1) is 25.3. The average Bonchev–Trinajstić information content (AvgIpc) is 3.22. The van der Waals surface area contributed by atoms with E-state index in [0.717, 1.165) is 19.6 Å². The number of halogens is 1. The van der Waals surface area contributed by atoms with Gasteiger partial charge < -0.3 is 19.4 Å². The van der Waals surface area contributed by atoms with E-state index in [0.29, 0.717) is 22.3 Å². The Morgan fingerprint density at radius 2 is 1.81 bits per heavy atom. The molecule has 31 heavy (non-hydrogen) atoms. The lowest BCUT2D eigenvalue weighted by atomic mass is 10.2. The molecule has 0 aliphatic rings. The van der Waals surface area contributed by atoms with Crippen molar-refractivity contribution in [2.24, 2.45) is 0 Å². The van der Waals surface area contributed by atoms with E-state index in [9.17, 15) is 4.79 Å². The maximum absolute atomic E-state index is 12.6. The van der Waals surface area contributed by atoms with Crippen molar-refractivity contribution in [1.29, 1.82) is 0 Å². The quantitative estimate of drug-likeness (QED) is 0.324. The summed E-state index contributed by atoms with van der Waals surface area (Å²) in [5.74, 6) is 1.37. The van der Waals surface area contributed by atoms with Gasteiger partial charge in [0.05, 0.1) is 0 Å². The van der Waals surface area contributed by atoms with Gasteiger partial charge in [-0.15, -0.1) is 0 Å². The van der Waals surface area contributed by atoms with Crippen LogP contribution >= 0.6 is 11.6 Å². The monoisotopic (exact) mass is 448 g/mol. The molecule has 1 heterocycles. The first-order chi connectivity index (χ1) is 15.0. The zero-order valence-electron chi connectivity index (χ0n) is 19.2. The first-order valence-electron chi connectivity index (χ1n) is 11.5. The number of unbranched alkanes of at least 4 members (excludes halogenated alkanes) is 4. The molecule has 2 rings (SSSR count). The van der Waals surface area contributed by atoms with Gasteiger partial charge in [0.1, 0.15) is 18.1 Å². The van der Waals surface area contributed by atoms with Crippen LogP contribution in [0.1, 0.15) is 75.6 Å². The van der Waals surface area contributed by atoms with E-state index in [1.165, 1.54) is 38.5 Å². The minimum atomic E-state index is -0.191. The van der Waals surface area contributed by atoms with E-state index >= 15 is 0 Å². The molecular weight excluding hydrogens is 412 g/mol. The Kier molecular flexibility index (Phi) is 11.5. The van der Waals surface area contributed by atoms with Gasteiger partial charge in [0, 0.05) is 17.6 Å². The highest BCUT2D eigenvalue weighted by Gasteiger charge is 2.16. The fourth-order valence-corrected chi connectivity index (χ4v) is 3.66. The van der Waals surface area contributed by atoms with E-state index in [4.69, 9.17) is 20.8 Å². The van der Waals surface area contributed by atoms with Gasteiger partial charge in [0.2, 0.25) is 0 Å². The standard InChI is InChI=1S/C25H37ClN2O3/c1-4-6-8-15-28(16-9-7-5-2)18-20(3)27-25(29)24-14-13-23(31-24)19-30-22-12-10-11-21(26)17-22/h10-14,17,20H,4-9,15-16,18-19H2,1-3H3,(H,27,29). The normalized spacial score (nSPS) is 12.2. The Balaban J connectivity index is 1.82. The van der Waals surface area contributed by atoms with Crippen molar-refractivity contribution in [3.63, 3.8) is 0 Å². The lowest BCUT2D eigenvalue weighted by Crippen LogP contribution is -2.42. The summed E-state index contributed by atoms with van der Waals surface area (Å²) in [7, 11) is 0. The highest BCUT2D eigenvalue weighted by Crippen LogP contribution is 2.19. The van der Waals surface area contributed by atoms with Gasteiger partial charge in [-0.2, -0.15) is 0 Å². The molecule has 0 spiro atoms. The number of nitrogens with one attached hydrogen (secondary N) is 1. The summed E-state index contributed by atoms with van der Waals surface area (Å²) in [6, 6.07) is 10.7. The summed E-state index contributed by atoms with van der Waals surface area (Å²) in [4.78, 5) is 15.1. The third-order valence-electron chi connectivity index (χ3n) is 5.13. The Hall–Kier alpha value is -1.98. The molecular formula is C25H37ClN2O3. The summed E-state index contributed by atoms with van der Waals surface area (Å²) >= 11 is 5.97. The van der Waals surface area contributed by atoms with Crippen LogP contribution in [0, 0.1) is 0 Å². The highest BCUT2D eigenvalue weighted by atomic mass is 35.5. The van der Waals surface area contributed by atoms with Crippen LogP contribution in [0.2, 0.25) is 5.02 Å². The Morgan fingerprint density at radius 1 is 1.10 bits per heavy atom. The summed E-state index contributed by atoms with van der Waals surface area (Å²) in [6.45, 7) is 9.77. The number of furan rings is 1. The van der Waals surface area contributed by atoms with Gasteiger partial charge in [-0.3, -0.25) is 4.79 Å². The summed E-state index contributed by atoms with van der Waals surface area (Å²) in [6.07, 6.45) is 7.34. The minimum absolute atomic E-state index is 0.0482. The lowest BCUT2D eigenvalue weighted by Gasteiger charge is -2.26. The number of ether oxygens (including phenoxy) is 1. The van der Waals surface area contributed by atoms with Crippen LogP contribution in [0.3, 0.4) is 0 Å². The number of carbonyl (C=O) groups excluding carboxylic acids is 1. The zero-order valence-corrected chi connectivity index (χ0v) is 19.9. The van der Waals surface area contributed by atoms with Crippen molar-refractivity contribution in [2.75, 3.05) is 19.6 Å². The summed E-state index contributed by atoms with van der Waals surface area (Å²) in [5.41, 5.74) is 0. The molecule has 0 radical (unpaired) electrons. The predicted octanol–water partition coefficient (Wildman–Crippen LogP) is 6.31. The van der Waals surface area contributed by atoms with E-state index < -0.39 is 0 Å². The number of nitrogens with zero attached hydrogens (tertiary/aromatic N) is 1. The van der Waals surface area contributed by atoms with Crippen LogP contribution in [0.15, 0.2) is 40.8 Å². The number of rotatable bonds is 15. The number of carbonyl (C=O) groups is 1. The van der Waals surface area contributed by atoms with Gasteiger partial charge in [-0.1, -0.05) is 57.2 Å². The van der Waals surface area contributed by atoms with Crippen molar-refractivity contribution in [1.82, 2.24) is 10.2 Å². The molecule has 172 valence electrons. The Bertz CT molecular complexity index is 768. The van der Waals surface area contributed by atoms with Crippen LogP contribution < -0.4 is 10.1 Å². The second kappa shape index (κ2) is 14.2. The molecule has 0 saturated carbocycles. The fourth-order valence-electron chi connectivity index (χ4n) is 3.48. The largest absolute Gasteiger partial charge is 0.486 e. The molecule has 1 aromatic heterocycles. The number of amides is 1. The van der Waals surface area contributed by atoms with Crippen molar-refractivity contribution < 1.29 is 13.9 Å². The van der Waals surface area contributed by atoms with Gasteiger partial charge in [0.25, 0.3) is 5.91 Å². The van der Waals surface area contributed by atoms with E-state index in [1.807, 2.05) is 12.1 Å². The molecule has 1 unspecified atom stereocenters. The van der Waals surface area contributed by atoms with Gasteiger partial charge >= 0.3 is 0 Å². The molecule has 1 atom stereocenters. The molecule has 1 amide bonds. The van der Waals surface area contributed by atoms with Crippen LogP contribution in [0.5, 0.6) is 5.75 Å². The predicted molar refractivity (Wildman–Crippen MR) is 127 cm³/mol. The fraction of sp³-hybridized carbons (Fsp3) is 0.560. The molecule has 5 nitrogen and oxygen atoms in total. The maximum atomic E-state index is 12.6. The molecule has 0 bridgehead atoms. The Morgan fingerprint density at radius 3 is 2.45 bits per heavy atom. The lowest BCUT2D eigenvalue weighted by molar-refractivity contribution is 0.0896. The molecule has 0 saturated heterocycles. The maximum Gasteiger partial charge on any atom is 0.287 e. The second-order valence-electron chi connectivity index (χ2n) is 8.10. The summed E-state index contributed by atoms with van der Waals surface area (Å²) in [5, 5.41) is 3.68. The molecule has 0 aliphatic heterocycles. The minimum Gasteiger partial charge on any atom is -0.486 e. The van der Waals surface area contributed by atoms with Gasteiger partial charge in [0.15, 0.2) is 5.76 Å². The van der Waals surface area contributed by atoms with Crippen molar-refractivity contribution in [3.8, 4) is 5.75 Å². The third kappa shape index (κ3) is 9.79. The van der Waals surface area contributed by atoms with Crippen LogP contribution in [0.4, 0.5) is 0 Å². The molecule has 0 fully saturated rings. The molecule has 0 aliphatic carbocycles. The van der Waals surface area contributed by atoms with Crippen LogP contribution in [0.25, 0.3) is 0 Å². The molecule has 2 aromatic rings. The van der Waals surface area contributed by atoms with Gasteiger partial charge in [-0.05, 0) is 63.2 Å². The summed E-state index contributed by atoms with van der Waals surface area (Å²) < 4.78 is 11.4. The van der Waals surface area contributed by atoms with Crippen LogP contribution in [-0.2, 0) is 6.61 Å². The first-order valence-corrected chi connectivity index (χ1v) is 11.9. The molecule has 1 aromatic carbocycles. The van der Waals surface area contributed by atoms with Crippen LogP contribution in [-0.4, -0.2) is 36.5 Å². The van der Waals surface area contributed by atoms with E-state index in [1.54, 1.807) is 24.3 Å². The van der Waals surface area contributed by atoms with Crippen molar-refractivity contribution in [2.45, 2.75) is 71.9 Å². The topological polar surface area (TPSA) is 54.7 Å². The SMILES string of the molecule is CCCCCN(CCCCC)CC(C)NC(=O)c1ccc(COc2cccc(Cl)c2)o1. The molecule has 6 heteroatoms. The van der Waals surface area contributed by atoms with Crippen molar-refractivity contribution >= 4 is 17.5 Å². The Labute approximate surface area is 192 Å². The highest BCUT2D eigenvalue weighted by molar-refractivity contribution is 6.30. The van der Waals surface area contributed by atoms with E-state index in [-0.39, 0.29) is 18.6 Å². The average molecular weight is 449 g/mol. The van der Waals surface area contributed by atoms with E-state index in [2.05, 4.69) is 31.0 Å². The number of benzene rings is 1. The van der Waals surface area contributed by atoms with Crippen molar-refractivity contribution in [3.05, 3.63) is 52.9 Å². The second-order valence-corrected chi connectivity index (χ2v) is 8.54. The smallest absolute Gasteiger partial charge is 0.287 e. The van der Waals surface area contributed by atoms with Gasteiger partial charge in [-0.25, -0.2) is 0 Å².